The van der Waals surface area contributed by atoms with Crippen LogP contribution < -0.4 is 14.2 Å². The van der Waals surface area contributed by atoms with Crippen molar-refractivity contribution in [2.75, 3.05) is 19.8 Å². The van der Waals surface area contributed by atoms with Crippen molar-refractivity contribution < 1.29 is 14.2 Å². The smallest absolute Gasteiger partial charge is 0.203 e. The molecule has 0 aliphatic rings. The number of rotatable bonds is 51. The van der Waals surface area contributed by atoms with E-state index in [0.29, 0.717) is 0 Å². The van der Waals surface area contributed by atoms with E-state index in [1.807, 2.05) is 0 Å². The zero-order valence-electron chi connectivity index (χ0n) is 42.3. The molecule has 360 valence electrons. The average molecular weight is 856 g/mol. The second-order valence-electron chi connectivity index (χ2n) is 19.5. The van der Waals surface area contributed by atoms with E-state index in [2.05, 4.69) is 39.8 Å². The highest BCUT2D eigenvalue weighted by Gasteiger charge is 2.15. The summed E-state index contributed by atoms with van der Waals surface area (Å²) in [5.74, 6) is 2.62. The van der Waals surface area contributed by atoms with Gasteiger partial charge in [-0.1, -0.05) is 290 Å². The molecule has 1 aromatic rings. The summed E-state index contributed by atoms with van der Waals surface area (Å²) < 4.78 is 19.5. The van der Waals surface area contributed by atoms with Crippen LogP contribution in [0.15, 0.2) is 12.1 Å². The van der Waals surface area contributed by atoms with Crippen LogP contribution in [0.4, 0.5) is 0 Å². The molecule has 0 radical (unpaired) electrons. The van der Waals surface area contributed by atoms with Gasteiger partial charge in [-0.25, -0.2) is 0 Å². The first kappa shape index (κ1) is 57.6. The fourth-order valence-corrected chi connectivity index (χ4v) is 9.02. The Kier molecular flexibility index (Phi) is 45.4. The highest BCUT2D eigenvalue weighted by molar-refractivity contribution is 5.53. The lowest BCUT2D eigenvalue weighted by atomic mass is 10.0. The Morgan fingerprint density at radius 2 is 0.426 bits per heavy atom. The van der Waals surface area contributed by atoms with Crippen LogP contribution >= 0.6 is 0 Å². The van der Waals surface area contributed by atoms with Crippen LogP contribution in [0.1, 0.15) is 315 Å². The van der Waals surface area contributed by atoms with E-state index in [4.69, 9.17) is 14.2 Å². The molecule has 0 atom stereocenters. The Balaban J connectivity index is 2.37. The number of hydrogen-bond acceptors (Lipinski definition) is 3. The molecule has 0 heterocycles. The minimum atomic E-state index is 0.742. The van der Waals surface area contributed by atoms with Crippen LogP contribution in [-0.2, 0) is 0 Å². The molecule has 0 saturated carbocycles. The third kappa shape index (κ3) is 39.9. The first-order chi connectivity index (χ1) is 30.2. The maximum absolute atomic E-state index is 6.55. The Hall–Kier alpha value is -1.38. The molecule has 3 nitrogen and oxygen atoms in total. The van der Waals surface area contributed by atoms with Crippen LogP contribution in [0.2, 0.25) is 0 Å². The van der Waals surface area contributed by atoms with Crippen molar-refractivity contribution in [2.45, 2.75) is 317 Å². The molecule has 1 aromatic carbocycles. The second-order valence-corrected chi connectivity index (χ2v) is 19.5. The second kappa shape index (κ2) is 48.1. The van der Waals surface area contributed by atoms with Crippen molar-refractivity contribution >= 4 is 0 Å². The molecule has 0 aromatic heterocycles. The molecule has 0 unspecified atom stereocenters. The van der Waals surface area contributed by atoms with E-state index >= 15 is 0 Å². The normalized spacial score (nSPS) is 11.5. The molecule has 1 rings (SSSR count). The molecule has 0 amide bonds. The molecule has 0 aliphatic heterocycles. The molecule has 0 saturated heterocycles. The maximum Gasteiger partial charge on any atom is 0.203 e. The van der Waals surface area contributed by atoms with Gasteiger partial charge in [0.25, 0.3) is 0 Å². The Bertz CT molecular complexity index is 933. The lowest BCUT2D eigenvalue weighted by molar-refractivity contribution is 0.234. The third-order valence-corrected chi connectivity index (χ3v) is 13.2. The fourth-order valence-electron chi connectivity index (χ4n) is 9.02. The topological polar surface area (TPSA) is 27.7 Å². The van der Waals surface area contributed by atoms with E-state index in [9.17, 15) is 0 Å². The standard InChI is InChI=1S/C58H110O3/c1-5-8-11-14-17-20-23-26-29-32-35-38-41-44-47-50-59-56-53-55(4)54-57(60-51-48-45-42-39-36-33-30-27-24-21-18-15-12-9-6-2)58(56)61-52-49-46-43-40-37-34-31-28-25-22-19-16-13-10-7-3/h53-54H,5-52H2,1-4H3. The Morgan fingerprint density at radius 3 is 0.639 bits per heavy atom. The van der Waals surface area contributed by atoms with Crippen LogP contribution in [0, 0.1) is 6.92 Å². The first-order valence-corrected chi connectivity index (χ1v) is 28.3. The summed E-state index contributed by atoms with van der Waals surface area (Å²) in [6, 6.07) is 4.35. The van der Waals surface area contributed by atoms with Gasteiger partial charge in [0.1, 0.15) is 0 Å². The highest BCUT2D eigenvalue weighted by atomic mass is 16.5. The minimum Gasteiger partial charge on any atom is -0.490 e. The summed E-state index contributed by atoms with van der Waals surface area (Å²) in [5, 5.41) is 0. The van der Waals surface area contributed by atoms with E-state index in [-0.39, 0.29) is 0 Å². The summed E-state index contributed by atoms with van der Waals surface area (Å²) in [5.41, 5.74) is 1.19. The minimum absolute atomic E-state index is 0.742. The lowest BCUT2D eigenvalue weighted by Crippen LogP contribution is -2.06. The monoisotopic (exact) mass is 855 g/mol. The van der Waals surface area contributed by atoms with E-state index in [1.54, 1.807) is 0 Å². The van der Waals surface area contributed by atoms with Gasteiger partial charge >= 0.3 is 0 Å². The molecular weight excluding hydrogens is 745 g/mol. The van der Waals surface area contributed by atoms with Crippen molar-refractivity contribution in [1.29, 1.82) is 0 Å². The third-order valence-electron chi connectivity index (χ3n) is 13.2. The summed E-state index contributed by atoms with van der Waals surface area (Å²) in [6.45, 7) is 11.3. The predicted octanol–water partition coefficient (Wildman–Crippen LogP) is 20.7. The van der Waals surface area contributed by atoms with Crippen LogP contribution in [0.3, 0.4) is 0 Å². The van der Waals surface area contributed by atoms with Crippen LogP contribution in [-0.4, -0.2) is 19.8 Å². The quantitative estimate of drug-likeness (QED) is 0.0611. The molecule has 3 heteroatoms. The number of aryl methyl sites for hydroxylation is 1. The summed E-state index contributed by atoms with van der Waals surface area (Å²) in [7, 11) is 0. The number of hydrogen-bond donors (Lipinski definition) is 0. The SMILES string of the molecule is CCCCCCCCCCCCCCCCCOc1cc(C)cc(OCCCCCCCCCCCCCCCCC)c1OCCCCCCCCCCCCCCCCC. The van der Waals surface area contributed by atoms with Gasteiger partial charge in [-0.3, -0.25) is 0 Å². The molecular formula is C58H110O3. The van der Waals surface area contributed by atoms with Gasteiger partial charge in [0.2, 0.25) is 5.75 Å². The average Bonchev–Trinajstić information content (AvgIpc) is 3.26. The van der Waals surface area contributed by atoms with Gasteiger partial charge in [0.05, 0.1) is 19.8 Å². The van der Waals surface area contributed by atoms with Crippen molar-refractivity contribution in [3.05, 3.63) is 17.7 Å². The summed E-state index contributed by atoms with van der Waals surface area (Å²) >= 11 is 0. The predicted molar refractivity (Wildman–Crippen MR) is 272 cm³/mol. The molecule has 0 fully saturated rings. The Morgan fingerprint density at radius 1 is 0.246 bits per heavy atom. The van der Waals surface area contributed by atoms with E-state index < -0.39 is 0 Å². The largest absolute Gasteiger partial charge is 0.490 e. The first-order valence-electron chi connectivity index (χ1n) is 28.3. The highest BCUT2D eigenvalue weighted by Crippen LogP contribution is 2.39. The van der Waals surface area contributed by atoms with Crippen molar-refractivity contribution in [2.24, 2.45) is 0 Å². The van der Waals surface area contributed by atoms with Gasteiger partial charge in [0, 0.05) is 0 Å². The van der Waals surface area contributed by atoms with Gasteiger partial charge in [-0.05, 0) is 43.9 Å². The van der Waals surface area contributed by atoms with Crippen LogP contribution in [0.5, 0.6) is 17.2 Å². The summed E-state index contributed by atoms with van der Waals surface area (Å²) in [6.07, 6.45) is 62.2. The maximum atomic E-state index is 6.55. The lowest BCUT2D eigenvalue weighted by Gasteiger charge is -2.18. The number of ether oxygens (including phenoxy) is 3. The molecule has 0 aliphatic carbocycles. The van der Waals surface area contributed by atoms with Gasteiger partial charge in [-0.15, -0.1) is 0 Å². The van der Waals surface area contributed by atoms with E-state index in [0.717, 1.165) is 56.3 Å². The van der Waals surface area contributed by atoms with Gasteiger partial charge in [-0.2, -0.15) is 0 Å². The zero-order chi connectivity index (χ0) is 43.8. The number of benzene rings is 1. The number of unbranched alkanes of at least 4 members (excludes halogenated alkanes) is 42. The van der Waals surface area contributed by atoms with Crippen molar-refractivity contribution in [3.63, 3.8) is 0 Å². The van der Waals surface area contributed by atoms with Crippen molar-refractivity contribution in [3.8, 4) is 17.2 Å². The molecule has 61 heavy (non-hydrogen) atoms. The fraction of sp³-hybridized carbons (Fsp3) is 0.897. The van der Waals surface area contributed by atoms with Crippen LogP contribution in [0.25, 0.3) is 0 Å². The van der Waals surface area contributed by atoms with Crippen molar-refractivity contribution in [1.82, 2.24) is 0 Å². The van der Waals surface area contributed by atoms with E-state index in [1.165, 1.54) is 275 Å². The Labute approximate surface area is 384 Å². The molecule has 0 bridgehead atoms. The van der Waals surface area contributed by atoms with Gasteiger partial charge in [0.15, 0.2) is 11.5 Å². The molecule has 0 spiro atoms. The zero-order valence-corrected chi connectivity index (χ0v) is 42.3. The molecule has 0 N–H and O–H groups in total. The van der Waals surface area contributed by atoms with Gasteiger partial charge < -0.3 is 14.2 Å². The summed E-state index contributed by atoms with van der Waals surface area (Å²) in [4.78, 5) is 0.